The minimum absolute atomic E-state index is 0.590. The van der Waals surface area contributed by atoms with Crippen LogP contribution in [0, 0.1) is 5.92 Å². The van der Waals surface area contributed by atoms with E-state index in [0.29, 0.717) is 11.8 Å². The number of aliphatic carboxylic acids is 2. The number of benzene rings is 1. The first-order valence-electron chi connectivity index (χ1n) is 8.20. The molecular weight excluding hydrogens is 346 g/mol. The third kappa shape index (κ3) is 11.5. The Labute approximate surface area is 154 Å². The van der Waals surface area contributed by atoms with Crippen molar-refractivity contribution in [2.45, 2.75) is 32.6 Å². The largest absolute Gasteiger partial charge is 0.473 e. The molecule has 0 saturated carbocycles. The monoisotopic (exact) mass is 373 g/mol. The Morgan fingerprint density at radius 3 is 2.12 bits per heavy atom. The lowest BCUT2D eigenvalue weighted by Gasteiger charge is -2.21. The van der Waals surface area contributed by atoms with Crippen molar-refractivity contribution in [2.75, 3.05) is 26.8 Å². The third-order valence-corrected chi connectivity index (χ3v) is 3.87. The second-order valence-electron chi connectivity index (χ2n) is 5.90. The number of rotatable bonds is 9. The number of carbonyl (C=O) groups is 2. The summed E-state index contributed by atoms with van der Waals surface area (Å²) < 4.78 is 5.04. The van der Waals surface area contributed by atoms with E-state index in [4.69, 9.17) is 36.1 Å². The van der Waals surface area contributed by atoms with Crippen LogP contribution >= 0.6 is 11.6 Å². The van der Waals surface area contributed by atoms with E-state index in [1.54, 1.807) is 7.11 Å². The van der Waals surface area contributed by atoms with Crippen molar-refractivity contribution in [3.05, 3.63) is 34.9 Å². The van der Waals surface area contributed by atoms with Gasteiger partial charge in [0.05, 0.1) is 0 Å². The fraction of sp³-hybridized carbons (Fsp3) is 0.556. The Hall–Kier alpha value is -1.63. The molecule has 0 aliphatic heterocycles. The van der Waals surface area contributed by atoms with E-state index in [9.17, 15) is 0 Å². The van der Waals surface area contributed by atoms with Crippen LogP contribution in [0.2, 0.25) is 5.02 Å². The van der Waals surface area contributed by atoms with Crippen molar-refractivity contribution >= 4 is 23.5 Å². The summed E-state index contributed by atoms with van der Waals surface area (Å²) in [5.74, 6) is -2.42. The van der Waals surface area contributed by atoms with Crippen molar-refractivity contribution < 1.29 is 24.5 Å². The first-order valence-corrected chi connectivity index (χ1v) is 8.58. The number of carboxylic acid groups (broad SMARTS) is 2. The fourth-order valence-corrected chi connectivity index (χ4v) is 2.44. The molecule has 142 valence electrons. The Morgan fingerprint density at radius 2 is 1.68 bits per heavy atom. The molecule has 6 nitrogen and oxygen atoms in total. The normalized spacial score (nSPS) is 11.6. The van der Waals surface area contributed by atoms with Crippen molar-refractivity contribution in [1.82, 2.24) is 5.32 Å². The predicted molar refractivity (Wildman–Crippen MR) is 98.3 cm³/mol. The van der Waals surface area contributed by atoms with Crippen molar-refractivity contribution in [2.24, 2.45) is 5.92 Å². The Kier molecular flexibility index (Phi) is 12.7. The molecule has 0 aliphatic carbocycles. The average Bonchev–Trinajstić information content (AvgIpc) is 2.55. The number of halogens is 1. The van der Waals surface area contributed by atoms with Gasteiger partial charge in [-0.15, -0.1) is 0 Å². The van der Waals surface area contributed by atoms with Gasteiger partial charge >= 0.3 is 11.9 Å². The van der Waals surface area contributed by atoms with Crippen LogP contribution in [0.5, 0.6) is 0 Å². The van der Waals surface area contributed by atoms with Gasteiger partial charge in [-0.1, -0.05) is 37.6 Å². The van der Waals surface area contributed by atoms with Gasteiger partial charge in [0.25, 0.3) is 0 Å². The Morgan fingerprint density at radius 1 is 1.12 bits per heavy atom. The molecule has 0 spiro atoms. The van der Waals surface area contributed by atoms with Crippen LogP contribution in [0.3, 0.4) is 0 Å². The molecule has 0 aliphatic rings. The van der Waals surface area contributed by atoms with Crippen molar-refractivity contribution in [1.29, 1.82) is 0 Å². The molecule has 0 fully saturated rings. The number of nitrogens with one attached hydrogen (secondary N) is 1. The first-order chi connectivity index (χ1) is 11.8. The molecular formula is C18H28ClNO5. The van der Waals surface area contributed by atoms with E-state index in [-0.39, 0.29) is 0 Å². The second kappa shape index (κ2) is 13.6. The van der Waals surface area contributed by atoms with Crippen LogP contribution in [-0.4, -0.2) is 49.0 Å². The molecule has 0 aromatic heterocycles. The summed E-state index contributed by atoms with van der Waals surface area (Å²) >= 11 is 5.95. The fourth-order valence-electron chi connectivity index (χ4n) is 2.32. The van der Waals surface area contributed by atoms with Gasteiger partial charge in [-0.3, -0.25) is 0 Å². The quantitative estimate of drug-likeness (QED) is 0.454. The maximum Gasteiger partial charge on any atom is 0.414 e. The van der Waals surface area contributed by atoms with Gasteiger partial charge in [0, 0.05) is 18.7 Å². The molecule has 0 amide bonds. The molecule has 1 aromatic carbocycles. The summed E-state index contributed by atoms with van der Waals surface area (Å²) in [5.41, 5.74) is 1.39. The van der Waals surface area contributed by atoms with Gasteiger partial charge in [0.2, 0.25) is 0 Å². The van der Waals surface area contributed by atoms with E-state index >= 15 is 0 Å². The number of ether oxygens (including phenoxy) is 1. The van der Waals surface area contributed by atoms with E-state index in [1.165, 1.54) is 5.56 Å². The van der Waals surface area contributed by atoms with E-state index < -0.39 is 11.9 Å². The lowest BCUT2D eigenvalue weighted by molar-refractivity contribution is -0.159. The topological polar surface area (TPSA) is 95.9 Å². The van der Waals surface area contributed by atoms with Gasteiger partial charge in [-0.05, 0) is 55.5 Å². The molecule has 1 unspecified atom stereocenters. The zero-order chi connectivity index (χ0) is 19.2. The van der Waals surface area contributed by atoms with E-state index in [0.717, 1.165) is 37.6 Å². The van der Waals surface area contributed by atoms with Gasteiger partial charge in [0.15, 0.2) is 0 Å². The van der Waals surface area contributed by atoms with Crippen LogP contribution in [-0.2, 0) is 14.3 Å². The van der Waals surface area contributed by atoms with Gasteiger partial charge in [-0.25, -0.2) is 9.59 Å². The van der Waals surface area contributed by atoms with E-state index in [1.807, 2.05) is 12.1 Å². The highest BCUT2D eigenvalue weighted by atomic mass is 35.5. The van der Waals surface area contributed by atoms with Crippen LogP contribution in [0.4, 0.5) is 0 Å². The maximum atomic E-state index is 9.10. The summed E-state index contributed by atoms with van der Waals surface area (Å²) in [6.45, 7) is 7.47. The SMILES string of the molecule is COCCCNCCC(c1ccc(Cl)cc1)C(C)C.O=C(O)C(=O)O. The van der Waals surface area contributed by atoms with Crippen LogP contribution < -0.4 is 5.32 Å². The standard InChI is InChI=1S/C16H26ClNO.C2H2O4/c1-13(2)16(9-11-18-10-4-12-19-3)14-5-7-15(17)8-6-14;3-1(4)2(5)6/h5-8,13,16,18H,4,9-12H2,1-3H3;(H,3,4)(H,5,6). The van der Waals surface area contributed by atoms with Crippen molar-refractivity contribution in [3.63, 3.8) is 0 Å². The number of methoxy groups -OCH3 is 1. The van der Waals surface area contributed by atoms with Gasteiger partial charge < -0.3 is 20.3 Å². The summed E-state index contributed by atoms with van der Waals surface area (Å²) in [5, 5.41) is 19.1. The Bertz CT molecular complexity index is 493. The zero-order valence-electron chi connectivity index (χ0n) is 15.0. The Balaban J connectivity index is 0.000000823. The summed E-state index contributed by atoms with van der Waals surface area (Å²) in [6, 6.07) is 8.27. The second-order valence-corrected chi connectivity index (χ2v) is 6.33. The summed E-state index contributed by atoms with van der Waals surface area (Å²) in [4.78, 5) is 18.2. The lowest BCUT2D eigenvalue weighted by Crippen LogP contribution is -2.21. The van der Waals surface area contributed by atoms with Gasteiger partial charge in [0.1, 0.15) is 0 Å². The molecule has 1 aromatic rings. The van der Waals surface area contributed by atoms with Gasteiger partial charge in [-0.2, -0.15) is 0 Å². The number of hydrogen-bond acceptors (Lipinski definition) is 4. The number of carboxylic acids is 2. The molecule has 7 heteroatoms. The van der Waals surface area contributed by atoms with Crippen molar-refractivity contribution in [3.8, 4) is 0 Å². The molecule has 25 heavy (non-hydrogen) atoms. The first kappa shape index (κ1) is 23.4. The highest BCUT2D eigenvalue weighted by molar-refractivity contribution is 6.30. The highest BCUT2D eigenvalue weighted by Gasteiger charge is 2.15. The molecule has 0 radical (unpaired) electrons. The molecule has 1 atom stereocenters. The predicted octanol–water partition coefficient (Wildman–Crippen LogP) is 3.25. The lowest BCUT2D eigenvalue weighted by atomic mass is 9.86. The summed E-state index contributed by atoms with van der Waals surface area (Å²) in [7, 11) is 1.75. The summed E-state index contributed by atoms with van der Waals surface area (Å²) in [6.07, 6.45) is 2.23. The minimum atomic E-state index is -1.82. The van der Waals surface area contributed by atoms with Crippen LogP contribution in [0.25, 0.3) is 0 Å². The average molecular weight is 374 g/mol. The van der Waals surface area contributed by atoms with Crippen LogP contribution in [0.15, 0.2) is 24.3 Å². The highest BCUT2D eigenvalue weighted by Crippen LogP contribution is 2.28. The molecule has 3 N–H and O–H groups in total. The third-order valence-electron chi connectivity index (χ3n) is 3.62. The van der Waals surface area contributed by atoms with Crippen LogP contribution in [0.1, 0.15) is 38.2 Å². The molecule has 0 saturated heterocycles. The smallest absolute Gasteiger partial charge is 0.414 e. The maximum absolute atomic E-state index is 9.10. The molecule has 0 bridgehead atoms. The minimum Gasteiger partial charge on any atom is -0.473 e. The number of hydrogen-bond donors (Lipinski definition) is 3. The molecule has 0 heterocycles. The molecule has 1 rings (SSSR count). The zero-order valence-corrected chi connectivity index (χ0v) is 15.8. The van der Waals surface area contributed by atoms with E-state index in [2.05, 4.69) is 31.3 Å².